The highest BCUT2D eigenvalue weighted by Crippen LogP contribution is 2.32. The van der Waals surface area contributed by atoms with Crippen molar-refractivity contribution in [3.63, 3.8) is 0 Å². The SMILES string of the molecule is Oc1ccccc1-c1nnc2n1C(O)CCC2. The Balaban J connectivity index is 2.17. The average Bonchev–Trinajstić information content (AvgIpc) is 2.75. The van der Waals surface area contributed by atoms with Gasteiger partial charge in [-0.1, -0.05) is 12.1 Å². The van der Waals surface area contributed by atoms with Crippen LogP contribution in [0.25, 0.3) is 11.4 Å². The van der Waals surface area contributed by atoms with Crippen molar-refractivity contribution in [3.8, 4) is 17.1 Å². The van der Waals surface area contributed by atoms with Gasteiger partial charge >= 0.3 is 0 Å². The molecule has 0 radical (unpaired) electrons. The van der Waals surface area contributed by atoms with Gasteiger partial charge in [0, 0.05) is 6.42 Å². The number of aryl methyl sites for hydroxylation is 1. The zero-order valence-corrected chi connectivity index (χ0v) is 9.24. The van der Waals surface area contributed by atoms with E-state index in [1.807, 2.05) is 6.07 Å². The summed E-state index contributed by atoms with van der Waals surface area (Å²) >= 11 is 0. The van der Waals surface area contributed by atoms with E-state index < -0.39 is 6.23 Å². The van der Waals surface area contributed by atoms with E-state index in [4.69, 9.17) is 0 Å². The summed E-state index contributed by atoms with van der Waals surface area (Å²) < 4.78 is 1.71. The smallest absolute Gasteiger partial charge is 0.169 e. The molecular weight excluding hydrogens is 218 g/mol. The van der Waals surface area contributed by atoms with Crippen molar-refractivity contribution >= 4 is 0 Å². The van der Waals surface area contributed by atoms with Crippen molar-refractivity contribution < 1.29 is 10.2 Å². The van der Waals surface area contributed by atoms with Crippen LogP contribution in [0.1, 0.15) is 24.9 Å². The topological polar surface area (TPSA) is 71.2 Å². The molecule has 0 saturated heterocycles. The molecule has 17 heavy (non-hydrogen) atoms. The van der Waals surface area contributed by atoms with Gasteiger partial charge in [-0.25, -0.2) is 0 Å². The summed E-state index contributed by atoms with van der Waals surface area (Å²) in [7, 11) is 0. The van der Waals surface area contributed by atoms with Crippen LogP contribution in [0.15, 0.2) is 24.3 Å². The number of nitrogens with zero attached hydrogens (tertiary/aromatic N) is 3. The van der Waals surface area contributed by atoms with Gasteiger partial charge in [-0.3, -0.25) is 4.57 Å². The Kier molecular flexibility index (Phi) is 2.33. The molecule has 0 fully saturated rings. The van der Waals surface area contributed by atoms with Gasteiger partial charge in [-0.05, 0) is 25.0 Å². The minimum atomic E-state index is -0.594. The Labute approximate surface area is 98.4 Å². The number of benzene rings is 1. The maximum atomic E-state index is 9.98. The second-order valence-electron chi connectivity index (χ2n) is 4.20. The largest absolute Gasteiger partial charge is 0.507 e. The number of fused-ring (bicyclic) bond motifs is 1. The molecule has 5 nitrogen and oxygen atoms in total. The lowest BCUT2D eigenvalue weighted by Crippen LogP contribution is -2.18. The van der Waals surface area contributed by atoms with Gasteiger partial charge in [-0.2, -0.15) is 0 Å². The third kappa shape index (κ3) is 1.59. The minimum absolute atomic E-state index is 0.153. The zero-order chi connectivity index (χ0) is 11.8. The second kappa shape index (κ2) is 3.85. The Morgan fingerprint density at radius 3 is 2.88 bits per heavy atom. The summed E-state index contributed by atoms with van der Waals surface area (Å²) in [6.45, 7) is 0. The second-order valence-corrected chi connectivity index (χ2v) is 4.20. The number of phenolic OH excluding ortho intramolecular Hbond substituents is 1. The molecule has 88 valence electrons. The first kappa shape index (κ1) is 10.3. The summed E-state index contributed by atoms with van der Waals surface area (Å²) in [5.74, 6) is 1.47. The first-order valence-corrected chi connectivity index (χ1v) is 5.67. The average molecular weight is 231 g/mol. The van der Waals surface area contributed by atoms with Crippen LogP contribution in [0.5, 0.6) is 5.75 Å². The molecule has 2 N–H and O–H groups in total. The van der Waals surface area contributed by atoms with E-state index >= 15 is 0 Å². The molecule has 0 amide bonds. The number of hydrogen-bond acceptors (Lipinski definition) is 4. The molecule has 2 aromatic rings. The fourth-order valence-corrected chi connectivity index (χ4v) is 2.23. The predicted molar refractivity (Wildman–Crippen MR) is 61.3 cm³/mol. The van der Waals surface area contributed by atoms with Gasteiger partial charge in [0.1, 0.15) is 17.8 Å². The van der Waals surface area contributed by atoms with Crippen molar-refractivity contribution in [3.05, 3.63) is 30.1 Å². The highest BCUT2D eigenvalue weighted by molar-refractivity contribution is 5.63. The maximum Gasteiger partial charge on any atom is 0.169 e. The number of rotatable bonds is 1. The molecule has 2 heterocycles. The molecule has 1 aromatic heterocycles. The number of para-hydroxylation sites is 1. The molecule has 1 atom stereocenters. The Hall–Kier alpha value is -1.88. The fraction of sp³-hybridized carbons (Fsp3) is 0.333. The number of aromatic nitrogens is 3. The molecule has 5 heteroatoms. The number of hydrogen-bond donors (Lipinski definition) is 2. The van der Waals surface area contributed by atoms with Crippen LogP contribution in [-0.4, -0.2) is 25.0 Å². The van der Waals surface area contributed by atoms with E-state index in [2.05, 4.69) is 10.2 Å². The highest BCUT2D eigenvalue weighted by Gasteiger charge is 2.24. The van der Waals surface area contributed by atoms with Gasteiger partial charge in [0.05, 0.1) is 5.56 Å². The van der Waals surface area contributed by atoms with E-state index in [0.717, 1.165) is 18.7 Å². The van der Waals surface area contributed by atoms with Gasteiger partial charge in [0.2, 0.25) is 0 Å². The van der Waals surface area contributed by atoms with Gasteiger partial charge in [0.15, 0.2) is 5.82 Å². The minimum Gasteiger partial charge on any atom is -0.507 e. The van der Waals surface area contributed by atoms with Crippen molar-refractivity contribution in [1.82, 2.24) is 14.8 Å². The van der Waals surface area contributed by atoms with Crippen LogP contribution >= 0.6 is 0 Å². The molecule has 1 aliphatic rings. The van der Waals surface area contributed by atoms with E-state index in [1.165, 1.54) is 0 Å². The molecule has 1 aromatic carbocycles. The van der Waals surface area contributed by atoms with Crippen LogP contribution < -0.4 is 0 Å². The predicted octanol–water partition coefficient (Wildman–Crippen LogP) is 1.48. The van der Waals surface area contributed by atoms with Crippen LogP contribution in [0.4, 0.5) is 0 Å². The lowest BCUT2D eigenvalue weighted by molar-refractivity contribution is 0.0795. The lowest BCUT2D eigenvalue weighted by atomic mass is 10.1. The molecule has 0 aliphatic carbocycles. The molecule has 0 bridgehead atoms. The quantitative estimate of drug-likeness (QED) is 0.779. The third-order valence-electron chi connectivity index (χ3n) is 3.07. The number of phenols is 1. The first-order valence-electron chi connectivity index (χ1n) is 5.67. The van der Waals surface area contributed by atoms with Crippen LogP contribution in [0, 0.1) is 0 Å². The molecular formula is C12H13N3O2. The van der Waals surface area contributed by atoms with Crippen LogP contribution in [0.2, 0.25) is 0 Å². The molecule has 0 saturated carbocycles. The Morgan fingerprint density at radius 1 is 1.24 bits per heavy atom. The fourth-order valence-electron chi connectivity index (χ4n) is 2.23. The highest BCUT2D eigenvalue weighted by atomic mass is 16.3. The zero-order valence-electron chi connectivity index (χ0n) is 9.24. The van der Waals surface area contributed by atoms with Gasteiger partial charge in [0.25, 0.3) is 0 Å². The van der Waals surface area contributed by atoms with Gasteiger partial charge in [-0.15, -0.1) is 10.2 Å². The molecule has 1 aliphatic heterocycles. The summed E-state index contributed by atoms with van der Waals surface area (Å²) in [6, 6.07) is 6.95. The maximum absolute atomic E-state index is 9.98. The molecule has 3 rings (SSSR count). The van der Waals surface area contributed by atoms with Crippen LogP contribution in [0.3, 0.4) is 0 Å². The van der Waals surface area contributed by atoms with E-state index in [9.17, 15) is 10.2 Å². The third-order valence-corrected chi connectivity index (χ3v) is 3.07. The Morgan fingerprint density at radius 2 is 2.06 bits per heavy atom. The molecule has 0 spiro atoms. The summed E-state index contributed by atoms with van der Waals surface area (Å²) in [5.41, 5.74) is 0.604. The number of aromatic hydroxyl groups is 1. The summed E-state index contributed by atoms with van der Waals surface area (Å²) in [5, 5.41) is 27.9. The van der Waals surface area contributed by atoms with Crippen LogP contribution in [-0.2, 0) is 6.42 Å². The summed E-state index contributed by atoms with van der Waals surface area (Å²) in [4.78, 5) is 0. The first-order chi connectivity index (χ1) is 8.27. The normalized spacial score (nSPS) is 19.0. The number of aliphatic hydroxyl groups is 1. The monoisotopic (exact) mass is 231 g/mol. The summed E-state index contributed by atoms with van der Waals surface area (Å²) in [6.07, 6.45) is 1.84. The van der Waals surface area contributed by atoms with E-state index in [0.29, 0.717) is 17.8 Å². The van der Waals surface area contributed by atoms with E-state index in [-0.39, 0.29) is 5.75 Å². The standard InChI is InChI=1S/C12H13N3O2/c16-9-5-2-1-4-8(9)12-14-13-10-6-3-7-11(17)15(10)12/h1-2,4-5,11,16-17H,3,6-7H2. The van der Waals surface area contributed by atoms with Crippen molar-refractivity contribution in [2.45, 2.75) is 25.5 Å². The van der Waals surface area contributed by atoms with Crippen molar-refractivity contribution in [1.29, 1.82) is 0 Å². The van der Waals surface area contributed by atoms with Crippen molar-refractivity contribution in [2.75, 3.05) is 0 Å². The van der Waals surface area contributed by atoms with Crippen molar-refractivity contribution in [2.24, 2.45) is 0 Å². The molecule has 1 unspecified atom stereocenters. The number of aliphatic hydroxyl groups excluding tert-OH is 1. The Bertz CT molecular complexity index is 550. The van der Waals surface area contributed by atoms with Gasteiger partial charge < -0.3 is 10.2 Å². The van der Waals surface area contributed by atoms with E-state index in [1.54, 1.807) is 22.8 Å². The lowest BCUT2D eigenvalue weighted by Gasteiger charge is -2.21.